The van der Waals surface area contributed by atoms with Crippen LogP contribution in [0.15, 0.2) is 30.3 Å². The minimum atomic E-state index is -4.47. The van der Waals surface area contributed by atoms with Crippen LogP contribution in [0.1, 0.15) is 16.1 Å². The van der Waals surface area contributed by atoms with Gasteiger partial charge in [0.25, 0.3) is 0 Å². The van der Waals surface area contributed by atoms with Gasteiger partial charge in [-0.2, -0.15) is 18.3 Å². The number of benzene rings is 1. The molecule has 0 spiro atoms. The van der Waals surface area contributed by atoms with Gasteiger partial charge in [0.1, 0.15) is 0 Å². The molecule has 2 aromatic heterocycles. The minimum absolute atomic E-state index is 0.0388. The quantitative estimate of drug-likeness (QED) is 0.763. The number of aromatic nitrogens is 3. The predicted molar refractivity (Wildman–Crippen MR) is 72.5 cm³/mol. The summed E-state index contributed by atoms with van der Waals surface area (Å²) >= 11 is 0. The Morgan fingerprint density at radius 2 is 2.05 bits per heavy atom. The number of aromatic carboxylic acids is 1. The van der Waals surface area contributed by atoms with Crippen molar-refractivity contribution in [3.8, 4) is 11.4 Å². The van der Waals surface area contributed by atoms with Crippen molar-refractivity contribution in [1.82, 2.24) is 14.8 Å². The van der Waals surface area contributed by atoms with Crippen LogP contribution in [0.4, 0.5) is 13.2 Å². The Morgan fingerprint density at radius 1 is 1.32 bits per heavy atom. The normalized spacial score (nSPS) is 12.0. The molecular formula is C14H10F3N3O2. The highest BCUT2D eigenvalue weighted by molar-refractivity contribution is 5.90. The zero-order valence-electron chi connectivity index (χ0n) is 11.3. The van der Waals surface area contributed by atoms with Crippen LogP contribution in [0, 0.1) is 0 Å². The molecule has 0 amide bonds. The van der Waals surface area contributed by atoms with E-state index in [9.17, 15) is 18.0 Å². The SMILES string of the molecule is Cn1nc(C(=O)O)cc1-c1cc2cccc(C(F)(F)F)c2[nH]1. The van der Waals surface area contributed by atoms with Gasteiger partial charge < -0.3 is 10.1 Å². The number of halogens is 3. The predicted octanol–water partition coefficient (Wildman–Crippen LogP) is 3.29. The summed E-state index contributed by atoms with van der Waals surface area (Å²) in [5.74, 6) is -1.20. The number of nitrogens with one attached hydrogen (secondary N) is 1. The van der Waals surface area contributed by atoms with E-state index in [0.29, 0.717) is 16.8 Å². The molecule has 3 aromatic rings. The topological polar surface area (TPSA) is 70.9 Å². The highest BCUT2D eigenvalue weighted by Crippen LogP contribution is 2.36. The fourth-order valence-corrected chi connectivity index (χ4v) is 2.35. The summed E-state index contributed by atoms with van der Waals surface area (Å²) in [5, 5.41) is 13.1. The Labute approximate surface area is 122 Å². The summed E-state index contributed by atoms with van der Waals surface area (Å²) < 4.78 is 40.3. The third kappa shape index (κ3) is 2.22. The molecule has 0 atom stereocenters. The molecule has 2 heterocycles. The van der Waals surface area contributed by atoms with Crippen LogP contribution in [0.25, 0.3) is 22.3 Å². The average molecular weight is 309 g/mol. The first-order valence-electron chi connectivity index (χ1n) is 6.24. The highest BCUT2D eigenvalue weighted by atomic mass is 19.4. The lowest BCUT2D eigenvalue weighted by Crippen LogP contribution is -2.05. The van der Waals surface area contributed by atoms with E-state index >= 15 is 0 Å². The zero-order valence-corrected chi connectivity index (χ0v) is 11.3. The number of fused-ring (bicyclic) bond motifs is 1. The van der Waals surface area contributed by atoms with E-state index in [0.717, 1.165) is 6.07 Å². The number of carboxylic acids is 1. The number of carboxylic acid groups (broad SMARTS) is 1. The van der Waals surface area contributed by atoms with Crippen LogP contribution >= 0.6 is 0 Å². The number of H-pyrrole nitrogens is 1. The smallest absolute Gasteiger partial charge is 0.418 e. The molecule has 22 heavy (non-hydrogen) atoms. The maximum atomic E-state index is 13.0. The highest BCUT2D eigenvalue weighted by Gasteiger charge is 2.33. The molecule has 0 saturated carbocycles. The first kappa shape index (κ1) is 14.2. The van der Waals surface area contributed by atoms with Gasteiger partial charge >= 0.3 is 12.1 Å². The molecule has 3 rings (SSSR count). The number of alkyl halides is 3. The standard InChI is InChI=1S/C14H10F3N3O2/c1-20-11(6-10(19-20)13(21)22)9-5-7-3-2-4-8(12(7)18-9)14(15,16)17/h2-6,18H,1H3,(H,21,22). The summed E-state index contributed by atoms with van der Waals surface area (Å²) in [6.45, 7) is 0. The lowest BCUT2D eigenvalue weighted by atomic mass is 10.1. The molecule has 0 saturated heterocycles. The van der Waals surface area contributed by atoms with E-state index in [1.54, 1.807) is 6.07 Å². The molecule has 0 aliphatic rings. The molecular weight excluding hydrogens is 299 g/mol. The first-order valence-corrected chi connectivity index (χ1v) is 6.24. The van der Waals surface area contributed by atoms with E-state index in [1.807, 2.05) is 0 Å². The molecule has 114 valence electrons. The number of rotatable bonds is 2. The second-order valence-corrected chi connectivity index (χ2v) is 4.79. The molecule has 5 nitrogen and oxygen atoms in total. The maximum absolute atomic E-state index is 13.0. The summed E-state index contributed by atoms with van der Waals surface area (Å²) in [5.41, 5.74) is -0.219. The summed E-state index contributed by atoms with van der Waals surface area (Å²) in [6.07, 6.45) is -4.47. The van der Waals surface area contributed by atoms with Gasteiger partial charge in [0, 0.05) is 18.5 Å². The van der Waals surface area contributed by atoms with E-state index in [4.69, 9.17) is 5.11 Å². The third-order valence-electron chi connectivity index (χ3n) is 3.34. The molecule has 1 aromatic carbocycles. The van der Waals surface area contributed by atoms with Crippen LogP contribution in [0.2, 0.25) is 0 Å². The van der Waals surface area contributed by atoms with Crippen molar-refractivity contribution in [2.45, 2.75) is 6.18 Å². The molecule has 0 aliphatic heterocycles. The summed E-state index contributed by atoms with van der Waals surface area (Å²) in [4.78, 5) is 13.6. The van der Waals surface area contributed by atoms with Gasteiger partial charge in [-0.05, 0) is 12.1 Å². The molecule has 0 radical (unpaired) electrons. The first-order chi connectivity index (χ1) is 10.3. The Hall–Kier alpha value is -2.77. The molecule has 0 fully saturated rings. The van der Waals surface area contributed by atoms with Crippen molar-refractivity contribution >= 4 is 16.9 Å². The van der Waals surface area contributed by atoms with Crippen molar-refractivity contribution in [2.24, 2.45) is 7.05 Å². The van der Waals surface area contributed by atoms with Gasteiger partial charge in [-0.25, -0.2) is 4.79 Å². The lowest BCUT2D eigenvalue weighted by molar-refractivity contribution is -0.136. The van der Waals surface area contributed by atoms with Gasteiger partial charge in [-0.1, -0.05) is 12.1 Å². The number of carbonyl (C=O) groups is 1. The number of nitrogens with zero attached hydrogens (tertiary/aromatic N) is 2. The van der Waals surface area contributed by atoms with Crippen LogP contribution in [0.5, 0.6) is 0 Å². The molecule has 2 N–H and O–H groups in total. The van der Waals surface area contributed by atoms with Crippen molar-refractivity contribution < 1.29 is 23.1 Å². The largest absolute Gasteiger partial charge is 0.476 e. The Balaban J connectivity index is 2.19. The van der Waals surface area contributed by atoms with Gasteiger partial charge in [0.15, 0.2) is 5.69 Å². The van der Waals surface area contributed by atoms with E-state index < -0.39 is 17.7 Å². The van der Waals surface area contributed by atoms with Crippen molar-refractivity contribution in [3.63, 3.8) is 0 Å². The van der Waals surface area contributed by atoms with Crippen LogP contribution in [-0.4, -0.2) is 25.8 Å². The fraction of sp³-hybridized carbons (Fsp3) is 0.143. The van der Waals surface area contributed by atoms with Gasteiger partial charge in [0.05, 0.1) is 22.5 Å². The fourth-order valence-electron chi connectivity index (χ4n) is 2.35. The van der Waals surface area contributed by atoms with E-state index in [-0.39, 0.29) is 11.2 Å². The second-order valence-electron chi connectivity index (χ2n) is 4.79. The number of aryl methyl sites for hydroxylation is 1. The third-order valence-corrected chi connectivity index (χ3v) is 3.34. The zero-order chi connectivity index (χ0) is 16.1. The van der Waals surface area contributed by atoms with Crippen molar-refractivity contribution in [1.29, 1.82) is 0 Å². The monoisotopic (exact) mass is 309 g/mol. The van der Waals surface area contributed by atoms with Crippen molar-refractivity contribution in [2.75, 3.05) is 0 Å². The second kappa shape index (κ2) is 4.62. The molecule has 8 heteroatoms. The lowest BCUT2D eigenvalue weighted by Gasteiger charge is -2.07. The maximum Gasteiger partial charge on any atom is 0.418 e. The Morgan fingerprint density at radius 3 is 2.64 bits per heavy atom. The van der Waals surface area contributed by atoms with Crippen LogP contribution in [-0.2, 0) is 13.2 Å². The van der Waals surface area contributed by atoms with Gasteiger partial charge in [0.2, 0.25) is 0 Å². The number of aromatic amines is 1. The molecule has 0 unspecified atom stereocenters. The number of hydrogen-bond acceptors (Lipinski definition) is 2. The number of para-hydroxylation sites is 1. The van der Waals surface area contributed by atoms with Crippen molar-refractivity contribution in [3.05, 3.63) is 41.6 Å². The molecule has 0 aliphatic carbocycles. The van der Waals surface area contributed by atoms with Gasteiger partial charge in [-0.15, -0.1) is 0 Å². The Kier molecular flexibility index (Phi) is 2.98. The van der Waals surface area contributed by atoms with E-state index in [2.05, 4.69) is 10.1 Å². The minimum Gasteiger partial charge on any atom is -0.476 e. The van der Waals surface area contributed by atoms with Crippen LogP contribution in [0.3, 0.4) is 0 Å². The molecule has 0 bridgehead atoms. The summed E-state index contributed by atoms with van der Waals surface area (Å²) in [7, 11) is 1.53. The number of hydrogen-bond donors (Lipinski definition) is 2. The average Bonchev–Trinajstić information content (AvgIpc) is 2.99. The van der Waals surface area contributed by atoms with Gasteiger partial charge in [-0.3, -0.25) is 4.68 Å². The van der Waals surface area contributed by atoms with E-state index in [1.165, 1.54) is 29.9 Å². The van der Waals surface area contributed by atoms with Crippen LogP contribution < -0.4 is 0 Å². The Bertz CT molecular complexity index is 877. The summed E-state index contributed by atoms with van der Waals surface area (Å²) in [6, 6.07) is 6.72.